The standard InChI is InChI=1S/C26H31ClFN5O5/c1-32(25(36)30-15-20-7-4-8-22(28)24(20)27)21(16-33(9-11-34)10-12-35)17-38-26(37)31-23-13-18-5-2-3-6-19(18)14-29-23/h2-8,13-14,21,34-35H,9-12,15-17H2,1H3,(H,30,36)(H,29,31,37)/t21-/m0/s1. The first-order valence-corrected chi connectivity index (χ1v) is 12.4. The van der Waals surface area contributed by atoms with E-state index in [0.29, 0.717) is 11.4 Å². The van der Waals surface area contributed by atoms with Gasteiger partial charge in [-0.25, -0.2) is 19.0 Å². The smallest absolute Gasteiger partial charge is 0.412 e. The Hall–Kier alpha value is -3.51. The molecule has 38 heavy (non-hydrogen) atoms. The zero-order valence-electron chi connectivity index (χ0n) is 20.9. The highest BCUT2D eigenvalue weighted by atomic mass is 35.5. The van der Waals surface area contributed by atoms with Crippen LogP contribution in [0.15, 0.2) is 54.7 Å². The van der Waals surface area contributed by atoms with E-state index in [-0.39, 0.29) is 51.0 Å². The maximum Gasteiger partial charge on any atom is 0.412 e. The number of anilines is 1. The lowest BCUT2D eigenvalue weighted by molar-refractivity contribution is 0.0831. The predicted molar refractivity (Wildman–Crippen MR) is 143 cm³/mol. The lowest BCUT2D eigenvalue weighted by Gasteiger charge is -2.32. The number of carbonyl (C=O) groups is 2. The van der Waals surface area contributed by atoms with Crippen molar-refractivity contribution in [3.05, 3.63) is 71.1 Å². The second-order valence-electron chi connectivity index (χ2n) is 8.52. The van der Waals surface area contributed by atoms with E-state index in [1.807, 2.05) is 24.3 Å². The van der Waals surface area contributed by atoms with Crippen molar-refractivity contribution in [2.45, 2.75) is 12.6 Å². The van der Waals surface area contributed by atoms with Crippen LogP contribution in [-0.4, -0.2) is 89.7 Å². The summed E-state index contributed by atoms with van der Waals surface area (Å²) in [5.41, 5.74) is 0.408. The van der Waals surface area contributed by atoms with Crippen LogP contribution in [0.5, 0.6) is 0 Å². The topological polar surface area (TPSA) is 127 Å². The number of rotatable bonds is 12. The lowest BCUT2D eigenvalue weighted by Crippen LogP contribution is -2.51. The van der Waals surface area contributed by atoms with E-state index in [4.69, 9.17) is 16.3 Å². The first-order valence-electron chi connectivity index (χ1n) is 12.0. The Morgan fingerprint density at radius 2 is 1.82 bits per heavy atom. The van der Waals surface area contributed by atoms with Gasteiger partial charge in [-0.1, -0.05) is 48.0 Å². The van der Waals surface area contributed by atoms with Gasteiger partial charge in [0.25, 0.3) is 0 Å². The molecule has 0 aliphatic rings. The number of urea groups is 1. The highest BCUT2D eigenvalue weighted by molar-refractivity contribution is 6.31. The molecule has 0 fully saturated rings. The van der Waals surface area contributed by atoms with Gasteiger partial charge in [0.15, 0.2) is 0 Å². The van der Waals surface area contributed by atoms with Crippen LogP contribution in [-0.2, 0) is 11.3 Å². The van der Waals surface area contributed by atoms with Crippen LogP contribution in [0.2, 0.25) is 5.02 Å². The second-order valence-corrected chi connectivity index (χ2v) is 8.90. The molecule has 1 atom stereocenters. The number of benzene rings is 2. The number of aliphatic hydroxyl groups is 2. The molecular formula is C26H31ClFN5O5. The van der Waals surface area contributed by atoms with Gasteiger partial charge in [0.2, 0.25) is 0 Å². The molecule has 4 N–H and O–H groups in total. The second kappa shape index (κ2) is 14.4. The summed E-state index contributed by atoms with van der Waals surface area (Å²) in [6.45, 7) is 0.186. The monoisotopic (exact) mass is 547 g/mol. The number of carbonyl (C=O) groups excluding carboxylic acids is 2. The van der Waals surface area contributed by atoms with Crippen LogP contribution in [0, 0.1) is 5.82 Å². The Morgan fingerprint density at radius 1 is 1.11 bits per heavy atom. The van der Waals surface area contributed by atoms with E-state index in [9.17, 15) is 24.2 Å². The number of aromatic nitrogens is 1. The summed E-state index contributed by atoms with van der Waals surface area (Å²) in [5, 5.41) is 25.8. The summed E-state index contributed by atoms with van der Waals surface area (Å²) >= 11 is 5.98. The largest absolute Gasteiger partial charge is 0.447 e. The summed E-state index contributed by atoms with van der Waals surface area (Å²) in [5.74, 6) is -0.279. The summed E-state index contributed by atoms with van der Waals surface area (Å²) < 4.78 is 19.1. The first kappa shape index (κ1) is 29.1. The van der Waals surface area contributed by atoms with Crippen LogP contribution in [0.4, 0.5) is 19.8 Å². The number of pyridine rings is 1. The first-order chi connectivity index (χ1) is 18.3. The van der Waals surface area contributed by atoms with E-state index >= 15 is 0 Å². The van der Waals surface area contributed by atoms with Crippen LogP contribution >= 0.6 is 11.6 Å². The Bertz CT molecular complexity index is 1230. The molecule has 1 heterocycles. The number of aliphatic hydroxyl groups excluding tert-OH is 2. The molecular weight excluding hydrogens is 517 g/mol. The lowest BCUT2D eigenvalue weighted by atomic mass is 10.2. The molecule has 2 aromatic carbocycles. The van der Waals surface area contributed by atoms with Gasteiger partial charge in [0.05, 0.1) is 24.3 Å². The zero-order valence-corrected chi connectivity index (χ0v) is 21.7. The van der Waals surface area contributed by atoms with Gasteiger partial charge in [0.1, 0.15) is 18.2 Å². The number of hydrogen-bond donors (Lipinski definition) is 4. The van der Waals surface area contributed by atoms with Gasteiger partial charge < -0.3 is 25.2 Å². The maximum absolute atomic E-state index is 13.7. The van der Waals surface area contributed by atoms with E-state index in [1.165, 1.54) is 24.1 Å². The fourth-order valence-electron chi connectivity index (χ4n) is 3.77. The Balaban J connectivity index is 1.65. The predicted octanol–water partition coefficient (Wildman–Crippen LogP) is 3.07. The number of ether oxygens (including phenoxy) is 1. The third kappa shape index (κ3) is 8.25. The van der Waals surface area contributed by atoms with E-state index in [2.05, 4.69) is 15.6 Å². The molecule has 12 heteroatoms. The molecule has 204 valence electrons. The van der Waals surface area contributed by atoms with Gasteiger partial charge in [0, 0.05) is 44.8 Å². The molecule has 3 aromatic rings. The maximum atomic E-state index is 13.7. The van der Waals surface area contributed by atoms with E-state index in [0.717, 1.165) is 10.8 Å². The Labute approximate surface area is 225 Å². The average Bonchev–Trinajstić information content (AvgIpc) is 2.91. The highest BCUT2D eigenvalue weighted by Gasteiger charge is 2.24. The molecule has 0 aliphatic carbocycles. The van der Waals surface area contributed by atoms with Crippen molar-refractivity contribution < 1.29 is 28.9 Å². The summed E-state index contributed by atoms with van der Waals surface area (Å²) in [6.07, 6.45) is 0.882. The number of amides is 3. The quantitative estimate of drug-likeness (QED) is 0.274. The Morgan fingerprint density at radius 3 is 2.53 bits per heavy atom. The molecule has 0 radical (unpaired) electrons. The average molecular weight is 548 g/mol. The van der Waals surface area contributed by atoms with Crippen LogP contribution in [0.25, 0.3) is 10.8 Å². The van der Waals surface area contributed by atoms with Gasteiger partial charge in [-0.05, 0) is 23.1 Å². The number of nitrogens with zero attached hydrogens (tertiary/aromatic N) is 3. The number of nitrogens with one attached hydrogen (secondary N) is 2. The van der Waals surface area contributed by atoms with Crippen molar-refractivity contribution in [2.24, 2.45) is 0 Å². The van der Waals surface area contributed by atoms with Gasteiger partial charge in [-0.3, -0.25) is 10.2 Å². The minimum absolute atomic E-state index is 0.0154. The number of halogens is 2. The van der Waals surface area contributed by atoms with Crippen LogP contribution in [0.3, 0.4) is 0 Å². The Kier molecular flexibility index (Phi) is 11.0. The van der Waals surface area contributed by atoms with Crippen LogP contribution < -0.4 is 10.6 Å². The SMILES string of the molecule is CN(C(=O)NCc1cccc(F)c1Cl)[C@H](COC(=O)Nc1cc2ccccc2cn1)CN(CCO)CCO. The normalized spacial score (nSPS) is 11.8. The summed E-state index contributed by atoms with van der Waals surface area (Å²) in [4.78, 5) is 32.7. The molecule has 1 aromatic heterocycles. The highest BCUT2D eigenvalue weighted by Crippen LogP contribution is 2.19. The van der Waals surface area contributed by atoms with E-state index < -0.39 is 24.0 Å². The molecule has 3 rings (SSSR count). The molecule has 3 amide bonds. The van der Waals surface area contributed by atoms with Crippen molar-refractivity contribution in [2.75, 3.05) is 51.8 Å². The summed E-state index contributed by atoms with van der Waals surface area (Å²) in [6, 6.07) is 12.4. The van der Waals surface area contributed by atoms with Crippen LogP contribution in [0.1, 0.15) is 5.56 Å². The molecule has 0 unspecified atom stereocenters. The van der Waals surface area contributed by atoms with Crippen molar-refractivity contribution in [1.29, 1.82) is 0 Å². The zero-order chi connectivity index (χ0) is 27.5. The van der Waals surface area contributed by atoms with Crippen molar-refractivity contribution in [3.8, 4) is 0 Å². The molecule has 0 aliphatic heterocycles. The minimum atomic E-state index is -0.756. The van der Waals surface area contributed by atoms with Crippen molar-refractivity contribution >= 4 is 40.3 Å². The van der Waals surface area contributed by atoms with Crippen molar-refractivity contribution in [3.63, 3.8) is 0 Å². The third-order valence-corrected chi connectivity index (χ3v) is 6.32. The van der Waals surface area contributed by atoms with Gasteiger partial charge >= 0.3 is 12.1 Å². The third-order valence-electron chi connectivity index (χ3n) is 5.90. The fourth-order valence-corrected chi connectivity index (χ4v) is 3.97. The minimum Gasteiger partial charge on any atom is -0.447 e. The fraction of sp³-hybridized carbons (Fsp3) is 0.346. The molecule has 0 bridgehead atoms. The van der Waals surface area contributed by atoms with E-state index in [1.54, 1.807) is 23.2 Å². The number of fused-ring (bicyclic) bond motifs is 1. The van der Waals surface area contributed by atoms with Gasteiger partial charge in [-0.2, -0.15) is 0 Å². The molecule has 0 spiro atoms. The number of likely N-dealkylation sites (N-methyl/N-ethyl adjacent to an activating group) is 1. The molecule has 10 nitrogen and oxygen atoms in total. The molecule has 0 saturated carbocycles. The summed E-state index contributed by atoms with van der Waals surface area (Å²) in [7, 11) is 1.52. The number of hydrogen-bond acceptors (Lipinski definition) is 7. The molecule has 0 saturated heterocycles. The van der Waals surface area contributed by atoms with Crippen molar-refractivity contribution in [1.82, 2.24) is 20.1 Å². The van der Waals surface area contributed by atoms with Gasteiger partial charge in [-0.15, -0.1) is 0 Å².